The van der Waals surface area contributed by atoms with Crippen LogP contribution in [-0.2, 0) is 20.1 Å². The third kappa shape index (κ3) is 13.1. The number of benzene rings is 2. The van der Waals surface area contributed by atoms with Crippen molar-refractivity contribution in [2.24, 2.45) is 0 Å². The van der Waals surface area contributed by atoms with Gasteiger partial charge in [0.2, 0.25) is 0 Å². The average Bonchev–Trinajstić information content (AvgIpc) is 3.52. The largest absolute Gasteiger partial charge is 0.481 e. The van der Waals surface area contributed by atoms with Gasteiger partial charge in [-0.1, -0.05) is 71.2 Å². The van der Waals surface area contributed by atoms with Gasteiger partial charge >= 0.3 is 11.9 Å². The molecule has 1 aliphatic carbocycles. The third-order valence-electron chi connectivity index (χ3n) is 7.61. The summed E-state index contributed by atoms with van der Waals surface area (Å²) in [5.74, 6) is -0.270. The van der Waals surface area contributed by atoms with E-state index in [0.29, 0.717) is 42.1 Å². The molecule has 13 heteroatoms. The van der Waals surface area contributed by atoms with Crippen LogP contribution >= 0.6 is 21.6 Å². The van der Waals surface area contributed by atoms with E-state index in [1.807, 2.05) is 44.2 Å². The molecule has 1 aliphatic rings. The van der Waals surface area contributed by atoms with Gasteiger partial charge < -0.3 is 25.1 Å². The summed E-state index contributed by atoms with van der Waals surface area (Å²) in [6.45, 7) is 2.37. The van der Waals surface area contributed by atoms with Crippen LogP contribution in [-0.4, -0.2) is 82.3 Å². The van der Waals surface area contributed by atoms with Gasteiger partial charge in [-0.15, -0.1) is 0 Å². The molecule has 0 aliphatic heterocycles. The van der Waals surface area contributed by atoms with Crippen molar-refractivity contribution in [3.05, 3.63) is 70.3 Å². The molecule has 3 aromatic rings. The number of ether oxygens (including phenoxy) is 1. The van der Waals surface area contributed by atoms with Gasteiger partial charge in [0.1, 0.15) is 11.0 Å². The first kappa shape index (κ1) is 38.6. The zero-order chi connectivity index (χ0) is 32.6. The van der Waals surface area contributed by atoms with E-state index in [4.69, 9.17) is 9.84 Å². The first-order valence-corrected chi connectivity index (χ1v) is 17.5. The molecular formula is C33H48N4O7S2. The third-order valence-corrected chi connectivity index (χ3v) is 10.2. The standard InChI is InChI=1S/C19H27NO4S2.C14H17N3O2.H2O.H2/c1-15(20(2)3)17(26-25-14-16-8-5-4-6-9-16)12-13-24-19(23)11-7-10-18(21)22;1-17(11-5-3-2-4-6-11)14(18)10-7-8-12-13(9-10)16-19-15-12;;/h4-6,8-9H,7,10-14H2,1-3H3,(H,21,22);7-9,11H,2-6H2,1H3;1H2;1H/b17-15-;;;. The number of allylic oxidation sites excluding steroid dienone is 1. The fourth-order valence-corrected chi connectivity index (χ4v) is 7.36. The molecule has 1 fully saturated rings. The minimum Gasteiger partial charge on any atom is -0.481 e. The van der Waals surface area contributed by atoms with E-state index in [1.165, 1.54) is 29.7 Å². The van der Waals surface area contributed by atoms with Crippen molar-refractivity contribution in [1.82, 2.24) is 20.1 Å². The minimum absolute atomic E-state index is 0. The second-order valence-corrected chi connectivity index (χ2v) is 13.5. The van der Waals surface area contributed by atoms with Crippen molar-refractivity contribution in [2.45, 2.75) is 76.5 Å². The SMILES string of the molecule is C/C(=C(\CCOC(=O)CCCC(=O)O)SSCc1ccccc1)N(C)C.CN(C(=O)c1ccc2nonc2c1)C1CCCCC1.O.[HH]. The summed E-state index contributed by atoms with van der Waals surface area (Å²) in [7, 11) is 9.36. The van der Waals surface area contributed by atoms with Crippen LogP contribution in [0, 0.1) is 0 Å². The molecule has 254 valence electrons. The number of nitrogens with zero attached hydrogens (tertiary/aromatic N) is 4. The average molecular weight is 677 g/mol. The number of fused-ring (bicyclic) bond motifs is 1. The number of amides is 1. The van der Waals surface area contributed by atoms with Gasteiger partial charge in [-0.2, -0.15) is 0 Å². The van der Waals surface area contributed by atoms with Gasteiger partial charge in [-0.25, -0.2) is 4.63 Å². The first-order valence-electron chi connectivity index (χ1n) is 15.2. The van der Waals surface area contributed by atoms with Crippen LogP contribution in [0.4, 0.5) is 0 Å². The highest BCUT2D eigenvalue weighted by Gasteiger charge is 2.23. The van der Waals surface area contributed by atoms with E-state index in [1.54, 1.807) is 39.8 Å². The summed E-state index contributed by atoms with van der Waals surface area (Å²) < 4.78 is 9.89. The summed E-state index contributed by atoms with van der Waals surface area (Å²) >= 11 is 0. The number of aliphatic carboxylic acids is 1. The molecule has 2 aromatic carbocycles. The molecule has 4 rings (SSSR count). The Morgan fingerprint density at radius 2 is 1.67 bits per heavy atom. The highest BCUT2D eigenvalue weighted by atomic mass is 33.1. The molecule has 46 heavy (non-hydrogen) atoms. The lowest BCUT2D eigenvalue weighted by molar-refractivity contribution is -0.144. The fourth-order valence-electron chi connectivity index (χ4n) is 4.74. The summed E-state index contributed by atoms with van der Waals surface area (Å²) in [4.78, 5) is 39.7. The predicted octanol–water partition coefficient (Wildman–Crippen LogP) is 6.60. The Hall–Kier alpha value is -3.55. The van der Waals surface area contributed by atoms with Gasteiger partial charge in [0.05, 0.1) is 6.61 Å². The van der Waals surface area contributed by atoms with E-state index < -0.39 is 5.97 Å². The molecule has 3 N–H and O–H groups in total. The van der Waals surface area contributed by atoms with E-state index >= 15 is 0 Å². The Balaban J connectivity index is 0.000000467. The molecule has 0 spiro atoms. The zero-order valence-corrected chi connectivity index (χ0v) is 28.7. The monoisotopic (exact) mass is 676 g/mol. The zero-order valence-electron chi connectivity index (χ0n) is 27.1. The van der Waals surface area contributed by atoms with E-state index in [9.17, 15) is 14.4 Å². The Morgan fingerprint density at radius 3 is 2.35 bits per heavy atom. The fraction of sp³-hybridized carbons (Fsp3) is 0.485. The summed E-state index contributed by atoms with van der Waals surface area (Å²) in [6.07, 6.45) is 7.04. The second-order valence-electron chi connectivity index (χ2n) is 11.1. The van der Waals surface area contributed by atoms with Gasteiger partial charge in [-0.3, -0.25) is 14.4 Å². The Morgan fingerprint density at radius 1 is 0.978 bits per heavy atom. The van der Waals surface area contributed by atoms with Crippen molar-refractivity contribution in [2.75, 3.05) is 27.7 Å². The number of esters is 1. The van der Waals surface area contributed by atoms with Crippen molar-refractivity contribution in [1.29, 1.82) is 0 Å². The van der Waals surface area contributed by atoms with Crippen LogP contribution < -0.4 is 0 Å². The second kappa shape index (κ2) is 20.5. The van der Waals surface area contributed by atoms with Crippen molar-refractivity contribution >= 4 is 50.5 Å². The van der Waals surface area contributed by atoms with Crippen LogP contribution in [0.3, 0.4) is 0 Å². The summed E-state index contributed by atoms with van der Waals surface area (Å²) in [6, 6.07) is 16.0. The van der Waals surface area contributed by atoms with E-state index in [-0.39, 0.29) is 31.6 Å². The quantitative estimate of drug-likeness (QED) is 0.145. The van der Waals surface area contributed by atoms with Crippen molar-refractivity contribution < 1.29 is 35.8 Å². The predicted molar refractivity (Wildman–Crippen MR) is 185 cm³/mol. The molecular weight excluding hydrogens is 629 g/mol. The lowest BCUT2D eigenvalue weighted by atomic mass is 9.94. The highest BCUT2D eigenvalue weighted by molar-refractivity contribution is 8.77. The number of carbonyl (C=O) groups is 3. The first-order chi connectivity index (χ1) is 21.7. The molecule has 1 aromatic heterocycles. The molecule has 11 nitrogen and oxygen atoms in total. The maximum Gasteiger partial charge on any atom is 0.305 e. The Labute approximate surface area is 280 Å². The van der Waals surface area contributed by atoms with Crippen LogP contribution in [0.15, 0.2) is 63.8 Å². The minimum atomic E-state index is -0.892. The molecule has 0 saturated heterocycles. The number of carbonyl (C=O) groups excluding carboxylic acids is 2. The maximum absolute atomic E-state index is 12.5. The van der Waals surface area contributed by atoms with Gasteiger partial charge in [-0.05, 0) is 60.3 Å². The van der Waals surface area contributed by atoms with E-state index in [2.05, 4.69) is 38.9 Å². The summed E-state index contributed by atoms with van der Waals surface area (Å²) in [5, 5.41) is 16.1. The molecule has 0 unspecified atom stereocenters. The van der Waals surface area contributed by atoms with Gasteiger partial charge in [0, 0.05) is 69.8 Å². The Kier molecular flexibility index (Phi) is 17.3. The van der Waals surface area contributed by atoms with Gasteiger partial charge in [0.25, 0.3) is 5.91 Å². The normalized spacial score (nSPS) is 13.5. The molecule has 0 bridgehead atoms. The van der Waals surface area contributed by atoms with Crippen molar-refractivity contribution in [3.63, 3.8) is 0 Å². The van der Waals surface area contributed by atoms with Crippen LogP contribution in [0.25, 0.3) is 11.0 Å². The topological polar surface area (TPSA) is 158 Å². The lowest BCUT2D eigenvalue weighted by Crippen LogP contribution is -2.38. The molecule has 0 atom stereocenters. The molecule has 0 radical (unpaired) electrons. The Bertz CT molecular complexity index is 1420. The maximum atomic E-state index is 12.5. The molecule has 1 heterocycles. The van der Waals surface area contributed by atoms with Crippen LogP contribution in [0.1, 0.15) is 82.1 Å². The summed E-state index contributed by atoms with van der Waals surface area (Å²) in [5.41, 5.74) is 4.38. The number of rotatable bonds is 14. The van der Waals surface area contributed by atoms with E-state index in [0.717, 1.165) is 24.3 Å². The van der Waals surface area contributed by atoms with Crippen molar-refractivity contribution in [3.8, 4) is 0 Å². The smallest absolute Gasteiger partial charge is 0.305 e. The lowest BCUT2D eigenvalue weighted by Gasteiger charge is -2.31. The molecule has 1 amide bonds. The number of carboxylic acids is 1. The number of hydrogen-bond donors (Lipinski definition) is 1. The van der Waals surface area contributed by atoms with Crippen LogP contribution in [0.5, 0.6) is 0 Å². The molecule has 1 saturated carbocycles. The van der Waals surface area contributed by atoms with Crippen LogP contribution in [0.2, 0.25) is 0 Å². The highest BCUT2D eigenvalue weighted by Crippen LogP contribution is 2.37. The number of aromatic nitrogens is 2. The number of carboxylic acid groups (broad SMARTS) is 1. The van der Waals surface area contributed by atoms with Gasteiger partial charge in [0.15, 0.2) is 0 Å². The number of hydrogen-bond acceptors (Lipinski definition) is 10.